The number of aromatic nitrogens is 2. The van der Waals surface area contributed by atoms with Crippen molar-refractivity contribution in [2.75, 3.05) is 18.5 Å². The minimum atomic E-state index is -0.625. The fourth-order valence-electron chi connectivity index (χ4n) is 1.30. The molecule has 1 heterocycles. The smallest absolute Gasteiger partial charge is 0.342 e. The summed E-state index contributed by atoms with van der Waals surface area (Å²) < 4.78 is 9.64. The van der Waals surface area contributed by atoms with Gasteiger partial charge in [0, 0.05) is 6.20 Å². The van der Waals surface area contributed by atoms with Crippen molar-refractivity contribution in [3.63, 3.8) is 0 Å². The van der Waals surface area contributed by atoms with Crippen molar-refractivity contribution in [3.8, 4) is 0 Å². The topological polar surface area (TPSA) is 90.4 Å². The Bertz CT molecular complexity index is 496. The maximum Gasteiger partial charge on any atom is 0.342 e. The lowest BCUT2D eigenvalue weighted by Crippen LogP contribution is -2.29. The Morgan fingerprint density at radius 1 is 1.35 bits per heavy atom. The molecule has 0 radical (unpaired) electrons. The Morgan fingerprint density at radius 3 is 2.55 bits per heavy atom. The van der Waals surface area contributed by atoms with E-state index in [4.69, 9.17) is 21.1 Å². The Kier molecular flexibility index (Phi) is 6.17. The van der Waals surface area contributed by atoms with E-state index in [-0.39, 0.29) is 29.9 Å². The van der Waals surface area contributed by atoms with Crippen molar-refractivity contribution in [3.05, 3.63) is 16.9 Å². The van der Waals surface area contributed by atoms with Crippen LogP contribution in [0.1, 0.15) is 31.1 Å². The van der Waals surface area contributed by atoms with Crippen LogP contribution in [-0.2, 0) is 14.3 Å². The van der Waals surface area contributed by atoms with Crippen LogP contribution in [0.2, 0.25) is 5.15 Å². The van der Waals surface area contributed by atoms with E-state index < -0.39 is 18.0 Å². The summed E-state index contributed by atoms with van der Waals surface area (Å²) in [5.41, 5.74) is 0.0721. The van der Waals surface area contributed by atoms with Gasteiger partial charge in [0.05, 0.1) is 13.2 Å². The Hall–Kier alpha value is -1.89. The number of rotatable bonds is 6. The van der Waals surface area contributed by atoms with Gasteiger partial charge in [-0.2, -0.15) is 0 Å². The highest BCUT2D eigenvalue weighted by Gasteiger charge is 2.18. The highest BCUT2D eigenvalue weighted by Crippen LogP contribution is 2.15. The van der Waals surface area contributed by atoms with E-state index in [1.54, 1.807) is 20.8 Å². The molecule has 0 aliphatic heterocycles. The van der Waals surface area contributed by atoms with Crippen LogP contribution in [0.25, 0.3) is 0 Å². The molecule has 1 atom stereocenters. The molecule has 1 aromatic heterocycles. The Morgan fingerprint density at radius 2 is 2.00 bits per heavy atom. The third kappa shape index (κ3) is 4.34. The van der Waals surface area contributed by atoms with Gasteiger partial charge < -0.3 is 14.8 Å². The second kappa shape index (κ2) is 7.64. The summed E-state index contributed by atoms with van der Waals surface area (Å²) in [4.78, 5) is 30.8. The maximum atomic E-state index is 11.5. The monoisotopic (exact) mass is 301 g/mol. The van der Waals surface area contributed by atoms with E-state index in [1.807, 2.05) is 0 Å². The molecule has 1 rings (SSSR count). The van der Waals surface area contributed by atoms with Crippen molar-refractivity contribution < 1.29 is 19.1 Å². The number of hydrogen-bond donors (Lipinski definition) is 1. The van der Waals surface area contributed by atoms with Crippen molar-refractivity contribution >= 4 is 29.5 Å². The van der Waals surface area contributed by atoms with Crippen molar-refractivity contribution in [2.24, 2.45) is 0 Å². The van der Waals surface area contributed by atoms with Crippen LogP contribution in [-0.4, -0.2) is 41.2 Å². The number of nitrogens with zero attached hydrogens (tertiary/aromatic N) is 2. The van der Waals surface area contributed by atoms with E-state index in [9.17, 15) is 9.59 Å². The molecular formula is C12H16ClN3O4. The van der Waals surface area contributed by atoms with E-state index in [2.05, 4.69) is 15.3 Å². The molecule has 1 unspecified atom stereocenters. The van der Waals surface area contributed by atoms with Gasteiger partial charge in [0.1, 0.15) is 16.8 Å². The first-order valence-corrected chi connectivity index (χ1v) is 6.50. The van der Waals surface area contributed by atoms with Crippen LogP contribution >= 0.6 is 11.6 Å². The average molecular weight is 302 g/mol. The molecule has 1 N–H and O–H groups in total. The van der Waals surface area contributed by atoms with Crippen molar-refractivity contribution in [1.82, 2.24) is 9.97 Å². The first kappa shape index (κ1) is 16.2. The summed E-state index contributed by atoms with van der Waals surface area (Å²) in [6.07, 6.45) is 1.24. The van der Waals surface area contributed by atoms with Crippen LogP contribution in [0, 0.1) is 0 Å². The predicted molar refractivity (Wildman–Crippen MR) is 72.7 cm³/mol. The van der Waals surface area contributed by atoms with E-state index in [1.165, 1.54) is 6.20 Å². The lowest BCUT2D eigenvalue weighted by Gasteiger charge is -2.12. The second-order valence-corrected chi connectivity index (χ2v) is 4.09. The molecular weight excluding hydrogens is 286 g/mol. The summed E-state index contributed by atoms with van der Waals surface area (Å²) in [5.74, 6) is -0.896. The molecule has 0 fully saturated rings. The van der Waals surface area contributed by atoms with Gasteiger partial charge in [-0.15, -0.1) is 0 Å². The van der Waals surface area contributed by atoms with E-state index in [0.29, 0.717) is 0 Å². The first-order valence-electron chi connectivity index (χ1n) is 6.12. The number of nitrogens with one attached hydrogen (secondary N) is 1. The van der Waals surface area contributed by atoms with E-state index in [0.717, 1.165) is 0 Å². The molecule has 20 heavy (non-hydrogen) atoms. The Labute approximate surface area is 121 Å². The molecule has 8 heteroatoms. The van der Waals surface area contributed by atoms with Gasteiger partial charge >= 0.3 is 11.9 Å². The summed E-state index contributed by atoms with van der Waals surface area (Å²) in [7, 11) is 0. The fourth-order valence-corrected chi connectivity index (χ4v) is 1.50. The van der Waals surface area contributed by atoms with Crippen LogP contribution in [0.3, 0.4) is 0 Å². The molecule has 110 valence electrons. The lowest BCUT2D eigenvalue weighted by atomic mass is 10.3. The number of esters is 2. The number of anilines is 1. The minimum Gasteiger partial charge on any atom is -0.464 e. The van der Waals surface area contributed by atoms with Crippen LogP contribution in [0.4, 0.5) is 5.95 Å². The lowest BCUT2D eigenvalue weighted by molar-refractivity contribution is -0.143. The van der Waals surface area contributed by atoms with Gasteiger partial charge in [0.15, 0.2) is 0 Å². The van der Waals surface area contributed by atoms with E-state index >= 15 is 0 Å². The first-order chi connectivity index (χ1) is 9.49. The molecule has 0 aromatic carbocycles. The Balaban J connectivity index is 2.77. The van der Waals surface area contributed by atoms with Gasteiger partial charge in [0.25, 0.3) is 0 Å². The predicted octanol–water partition coefficient (Wildman–Crippen LogP) is 1.67. The largest absolute Gasteiger partial charge is 0.464 e. The minimum absolute atomic E-state index is 0.0444. The zero-order valence-corrected chi connectivity index (χ0v) is 12.2. The van der Waals surface area contributed by atoms with Crippen LogP contribution in [0.5, 0.6) is 0 Å². The van der Waals surface area contributed by atoms with Crippen LogP contribution < -0.4 is 5.32 Å². The van der Waals surface area contributed by atoms with Gasteiger partial charge in [0.2, 0.25) is 5.95 Å². The van der Waals surface area contributed by atoms with Crippen molar-refractivity contribution in [2.45, 2.75) is 26.8 Å². The number of ether oxygens (including phenoxy) is 2. The molecule has 0 saturated heterocycles. The molecule has 0 amide bonds. The average Bonchev–Trinajstić information content (AvgIpc) is 2.39. The molecule has 0 aliphatic rings. The molecule has 0 spiro atoms. The van der Waals surface area contributed by atoms with Gasteiger partial charge in [-0.05, 0) is 20.8 Å². The third-order valence-electron chi connectivity index (χ3n) is 2.22. The van der Waals surface area contributed by atoms with Gasteiger partial charge in [-0.3, -0.25) is 0 Å². The normalized spacial score (nSPS) is 11.6. The quantitative estimate of drug-likeness (QED) is 0.631. The maximum absolute atomic E-state index is 11.5. The number of halogens is 1. The summed E-state index contributed by atoms with van der Waals surface area (Å²) >= 11 is 5.88. The molecule has 0 bridgehead atoms. The summed E-state index contributed by atoms with van der Waals surface area (Å²) in [6, 6.07) is -0.625. The summed E-state index contributed by atoms with van der Waals surface area (Å²) in [6.45, 7) is 5.52. The zero-order valence-electron chi connectivity index (χ0n) is 11.5. The molecule has 1 aromatic rings. The number of carbonyl (C=O) groups is 2. The third-order valence-corrected chi connectivity index (χ3v) is 2.51. The molecule has 0 aliphatic carbocycles. The van der Waals surface area contributed by atoms with Crippen molar-refractivity contribution in [1.29, 1.82) is 0 Å². The SMILES string of the molecule is CCOC(=O)c1cnc(NC(C)C(=O)OCC)nc1Cl. The molecule has 0 saturated carbocycles. The standard InChI is InChI=1S/C12H16ClN3O4/c1-4-19-10(17)7(3)15-12-14-6-8(9(13)16-12)11(18)20-5-2/h6-7H,4-5H2,1-3H3,(H,14,15,16). The van der Waals surface area contributed by atoms with Crippen LogP contribution in [0.15, 0.2) is 6.20 Å². The highest BCUT2D eigenvalue weighted by molar-refractivity contribution is 6.32. The van der Waals surface area contributed by atoms with Gasteiger partial charge in [-0.25, -0.2) is 19.6 Å². The second-order valence-electron chi connectivity index (χ2n) is 3.74. The zero-order chi connectivity index (χ0) is 15.1. The highest BCUT2D eigenvalue weighted by atomic mass is 35.5. The number of hydrogen-bond acceptors (Lipinski definition) is 7. The summed E-state index contributed by atoms with van der Waals surface area (Å²) in [5, 5.41) is 2.69. The molecule has 7 nitrogen and oxygen atoms in total. The fraction of sp³-hybridized carbons (Fsp3) is 0.500. The van der Waals surface area contributed by atoms with Gasteiger partial charge in [-0.1, -0.05) is 11.6 Å². The number of carbonyl (C=O) groups excluding carboxylic acids is 2.